The first kappa shape index (κ1) is 29.1. The van der Waals surface area contributed by atoms with Gasteiger partial charge in [0.05, 0.1) is 31.5 Å². The quantitative estimate of drug-likeness (QED) is 0.0826. The normalized spacial score (nSPS) is 14.3. The summed E-state index contributed by atoms with van der Waals surface area (Å²) >= 11 is 14.0. The first-order chi connectivity index (χ1) is 18.4. The molecule has 3 aromatic carbocycles. The summed E-state index contributed by atoms with van der Waals surface area (Å²) in [4.78, 5) is 13.0. The molecule has 1 heterocycles. The van der Waals surface area contributed by atoms with Crippen molar-refractivity contribution in [3.63, 3.8) is 0 Å². The molecule has 39 heavy (non-hydrogen) atoms. The van der Waals surface area contributed by atoms with Gasteiger partial charge in [-0.25, -0.2) is 22.0 Å². The van der Waals surface area contributed by atoms with Gasteiger partial charge in [-0.15, -0.1) is 0 Å². The van der Waals surface area contributed by atoms with Crippen LogP contribution >= 0.6 is 45.8 Å². The highest BCUT2D eigenvalue weighted by molar-refractivity contribution is 14.1. The van der Waals surface area contributed by atoms with Gasteiger partial charge < -0.3 is 9.47 Å². The number of ether oxygens (including phenoxy) is 2. The Morgan fingerprint density at radius 3 is 2.21 bits per heavy atom. The zero-order valence-corrected chi connectivity index (χ0v) is 23.7. The zero-order chi connectivity index (χ0) is 28.6. The van der Waals surface area contributed by atoms with Gasteiger partial charge in [-0.2, -0.15) is 10.1 Å². The summed E-state index contributed by atoms with van der Waals surface area (Å²) in [7, 11) is 0. The number of benzene rings is 3. The van der Waals surface area contributed by atoms with Crippen LogP contribution < -0.4 is 14.5 Å². The second-order valence-electron chi connectivity index (χ2n) is 8.08. The molecule has 3 aromatic rings. The van der Waals surface area contributed by atoms with Crippen molar-refractivity contribution in [1.82, 2.24) is 0 Å². The molecule has 0 spiro atoms. The maximum atomic E-state index is 14.3. The average molecular weight is 697 g/mol. The van der Waals surface area contributed by atoms with Gasteiger partial charge in [-0.1, -0.05) is 29.3 Å². The fraction of sp³-hybridized carbons (Fsp3) is 0.154. The Hall–Kier alpha value is -2.90. The van der Waals surface area contributed by atoms with E-state index in [-0.39, 0.29) is 29.5 Å². The predicted octanol–water partition coefficient (Wildman–Crippen LogP) is 8.08. The van der Waals surface area contributed by atoms with Gasteiger partial charge >= 0.3 is 0 Å². The van der Waals surface area contributed by atoms with Crippen LogP contribution in [0.5, 0.6) is 11.5 Å². The molecule has 0 saturated heterocycles. The third-order valence-electron chi connectivity index (χ3n) is 5.47. The number of carbonyl (C=O) groups excluding carboxylic acids is 1. The molecule has 0 saturated carbocycles. The van der Waals surface area contributed by atoms with E-state index >= 15 is 0 Å². The molecule has 4 rings (SSSR count). The summed E-state index contributed by atoms with van der Waals surface area (Å²) in [5.74, 6) is -11.4. The van der Waals surface area contributed by atoms with Crippen molar-refractivity contribution < 1.29 is 36.2 Å². The predicted molar refractivity (Wildman–Crippen MR) is 146 cm³/mol. The summed E-state index contributed by atoms with van der Waals surface area (Å²) < 4.78 is 81.9. The molecule has 0 bridgehead atoms. The molecule has 0 fully saturated rings. The molecule has 1 aliphatic rings. The topological polar surface area (TPSA) is 51.1 Å². The second kappa shape index (κ2) is 11.7. The number of rotatable bonds is 7. The van der Waals surface area contributed by atoms with Crippen LogP contribution in [0.15, 0.2) is 41.0 Å². The van der Waals surface area contributed by atoms with Gasteiger partial charge in [0.1, 0.15) is 12.3 Å². The number of amides is 1. The van der Waals surface area contributed by atoms with E-state index in [9.17, 15) is 26.7 Å². The lowest BCUT2D eigenvalue weighted by Gasteiger charge is -2.16. The fourth-order valence-electron chi connectivity index (χ4n) is 3.64. The van der Waals surface area contributed by atoms with E-state index < -0.39 is 40.7 Å². The Balaban J connectivity index is 1.67. The van der Waals surface area contributed by atoms with Crippen LogP contribution in [0.2, 0.25) is 10.0 Å². The summed E-state index contributed by atoms with van der Waals surface area (Å²) in [6.45, 7) is 3.56. The van der Waals surface area contributed by atoms with Crippen LogP contribution in [0.1, 0.15) is 25.0 Å². The minimum Gasteiger partial charge on any atom is -0.490 e. The number of halogens is 8. The Morgan fingerprint density at radius 1 is 0.949 bits per heavy atom. The van der Waals surface area contributed by atoms with Crippen molar-refractivity contribution in [3.05, 3.63) is 89.7 Å². The zero-order valence-electron chi connectivity index (χ0n) is 20.0. The van der Waals surface area contributed by atoms with Gasteiger partial charge in [0.15, 0.2) is 34.8 Å². The molecule has 0 aromatic heterocycles. The van der Waals surface area contributed by atoms with E-state index in [1.54, 1.807) is 37.3 Å². The molecule has 0 atom stereocenters. The SMILES string of the molecule is CCOc1cc(/C=C2\C(=O)N(c3c(F)c(F)c(F)c(F)c3F)N=C2C)cc(I)c1OCc1ccc(Cl)c(Cl)c1. The minimum absolute atomic E-state index is 0.00291. The fourth-order valence-corrected chi connectivity index (χ4v) is 4.74. The monoisotopic (exact) mass is 696 g/mol. The van der Waals surface area contributed by atoms with E-state index in [1.807, 2.05) is 22.6 Å². The first-order valence-corrected chi connectivity index (χ1v) is 12.9. The van der Waals surface area contributed by atoms with Gasteiger partial charge in [0.2, 0.25) is 5.82 Å². The summed E-state index contributed by atoms with van der Waals surface area (Å²) in [5.41, 5.74) is -0.402. The van der Waals surface area contributed by atoms with Gasteiger partial charge in [0.25, 0.3) is 5.91 Å². The van der Waals surface area contributed by atoms with Crippen LogP contribution in [0.3, 0.4) is 0 Å². The first-order valence-electron chi connectivity index (χ1n) is 11.1. The lowest BCUT2D eigenvalue weighted by Crippen LogP contribution is -2.25. The Kier molecular flexibility index (Phi) is 8.72. The second-order valence-corrected chi connectivity index (χ2v) is 10.1. The number of hydrogen-bond acceptors (Lipinski definition) is 4. The highest BCUT2D eigenvalue weighted by atomic mass is 127. The molecule has 0 N–H and O–H groups in total. The molecule has 1 amide bonds. The van der Waals surface area contributed by atoms with E-state index in [0.717, 1.165) is 5.56 Å². The van der Waals surface area contributed by atoms with Crippen LogP contribution in [0, 0.1) is 32.7 Å². The Labute approximate surface area is 242 Å². The number of anilines is 1. The van der Waals surface area contributed by atoms with E-state index in [0.29, 0.717) is 30.7 Å². The molecule has 0 radical (unpaired) electrons. The Morgan fingerprint density at radius 2 is 1.59 bits per heavy atom. The number of nitrogens with zero attached hydrogens (tertiary/aromatic N) is 2. The molecule has 0 aliphatic carbocycles. The van der Waals surface area contributed by atoms with Crippen LogP contribution in [-0.4, -0.2) is 18.2 Å². The molecular weight excluding hydrogens is 681 g/mol. The highest BCUT2D eigenvalue weighted by Gasteiger charge is 2.37. The van der Waals surface area contributed by atoms with Gasteiger partial charge in [0, 0.05) is 0 Å². The van der Waals surface area contributed by atoms with Crippen LogP contribution in [0.25, 0.3) is 6.08 Å². The average Bonchev–Trinajstić information content (AvgIpc) is 3.16. The maximum absolute atomic E-state index is 14.3. The summed E-state index contributed by atoms with van der Waals surface area (Å²) in [6.07, 6.45) is 1.36. The maximum Gasteiger partial charge on any atom is 0.280 e. The van der Waals surface area contributed by atoms with Crippen molar-refractivity contribution in [2.24, 2.45) is 5.10 Å². The molecule has 13 heteroatoms. The van der Waals surface area contributed by atoms with Crippen molar-refractivity contribution in [2.45, 2.75) is 20.5 Å². The summed E-state index contributed by atoms with van der Waals surface area (Å²) in [5, 5.41) is 4.67. The van der Waals surface area contributed by atoms with Crippen molar-refractivity contribution in [2.75, 3.05) is 11.6 Å². The lowest BCUT2D eigenvalue weighted by atomic mass is 10.1. The van der Waals surface area contributed by atoms with Crippen molar-refractivity contribution in [1.29, 1.82) is 0 Å². The number of hydrogen-bond donors (Lipinski definition) is 0. The number of carbonyl (C=O) groups is 1. The third kappa shape index (κ3) is 5.71. The van der Waals surface area contributed by atoms with E-state index in [1.165, 1.54) is 13.0 Å². The van der Waals surface area contributed by atoms with Crippen molar-refractivity contribution >= 4 is 69.2 Å². The minimum atomic E-state index is -2.34. The Bertz CT molecular complexity index is 1540. The standard InChI is InChI=1S/C26H16Cl2F5IN2O3/c1-3-38-18-9-13(8-17(34)25(18)39-10-12-4-5-15(27)16(28)7-12)6-14-11(2)35-36(26(14)37)24-22(32)20(30)19(29)21(31)23(24)33/h4-9H,3,10H2,1-2H3/b14-6-. The molecular formula is C26H16Cl2F5IN2O3. The van der Waals surface area contributed by atoms with Crippen LogP contribution in [-0.2, 0) is 11.4 Å². The smallest absolute Gasteiger partial charge is 0.280 e. The van der Waals surface area contributed by atoms with E-state index in [2.05, 4.69) is 5.10 Å². The number of hydrazone groups is 1. The molecule has 5 nitrogen and oxygen atoms in total. The lowest BCUT2D eigenvalue weighted by molar-refractivity contribution is -0.114. The van der Waals surface area contributed by atoms with Crippen LogP contribution in [0.4, 0.5) is 27.6 Å². The van der Waals surface area contributed by atoms with Gasteiger partial charge in [-0.05, 0) is 77.9 Å². The van der Waals surface area contributed by atoms with Gasteiger partial charge in [-0.3, -0.25) is 4.79 Å². The third-order valence-corrected chi connectivity index (χ3v) is 7.01. The molecule has 0 unspecified atom stereocenters. The molecule has 204 valence electrons. The highest BCUT2D eigenvalue weighted by Crippen LogP contribution is 2.37. The molecule has 1 aliphatic heterocycles. The van der Waals surface area contributed by atoms with E-state index in [4.69, 9.17) is 32.7 Å². The van der Waals surface area contributed by atoms with Crippen molar-refractivity contribution in [3.8, 4) is 11.5 Å². The largest absolute Gasteiger partial charge is 0.490 e. The summed E-state index contributed by atoms with van der Waals surface area (Å²) in [6, 6.07) is 8.29.